The minimum atomic E-state index is -1.53. The minimum Gasteiger partial charge on any atom is -0.497 e. The van der Waals surface area contributed by atoms with E-state index >= 15 is 4.79 Å². The van der Waals surface area contributed by atoms with Gasteiger partial charge in [0.2, 0.25) is 18.0 Å². The zero-order valence-corrected chi connectivity index (χ0v) is 44.6. The number of anilines is 1. The highest BCUT2D eigenvalue weighted by molar-refractivity contribution is 6.03. The summed E-state index contributed by atoms with van der Waals surface area (Å²) in [6.07, 6.45) is 19.9. The number of unbranched alkanes of at least 4 members (excludes halogenated alkanes) is 10. The Bertz CT molecular complexity index is 2360. The Morgan fingerprint density at radius 1 is 0.880 bits per heavy atom. The molecule has 0 aromatic heterocycles. The van der Waals surface area contributed by atoms with E-state index in [1.165, 1.54) is 51.3 Å². The van der Waals surface area contributed by atoms with E-state index < -0.39 is 30.1 Å². The van der Waals surface area contributed by atoms with Crippen LogP contribution in [0.25, 0.3) is 0 Å². The predicted octanol–water partition coefficient (Wildman–Crippen LogP) is 12.6. The van der Waals surface area contributed by atoms with Crippen molar-refractivity contribution in [2.24, 2.45) is 22.9 Å². The van der Waals surface area contributed by atoms with E-state index in [1.807, 2.05) is 17.0 Å². The first-order valence-electron chi connectivity index (χ1n) is 27.8. The highest BCUT2D eigenvalue weighted by Gasteiger charge is 2.65. The van der Waals surface area contributed by atoms with Crippen molar-refractivity contribution in [1.82, 2.24) is 4.90 Å². The van der Waals surface area contributed by atoms with Gasteiger partial charge in [0.05, 0.1) is 44.8 Å². The monoisotopic (exact) mass is 1040 g/mol. The summed E-state index contributed by atoms with van der Waals surface area (Å²) in [5.74, 6) is -1.31. The molecule has 4 aliphatic rings. The Morgan fingerprint density at radius 3 is 2.31 bits per heavy atom. The van der Waals surface area contributed by atoms with Crippen molar-refractivity contribution in [3.63, 3.8) is 0 Å². The van der Waals surface area contributed by atoms with E-state index in [9.17, 15) is 19.4 Å². The van der Waals surface area contributed by atoms with Crippen molar-refractivity contribution in [3.8, 4) is 23.0 Å². The number of halogens is 1. The van der Waals surface area contributed by atoms with Crippen LogP contribution in [-0.4, -0.2) is 91.6 Å². The maximum absolute atomic E-state index is 15.3. The normalized spacial score (nSPS) is 23.2. The van der Waals surface area contributed by atoms with E-state index in [1.54, 1.807) is 49.6 Å². The van der Waals surface area contributed by atoms with E-state index in [2.05, 4.69) is 24.9 Å². The van der Waals surface area contributed by atoms with Gasteiger partial charge in [-0.2, -0.15) is 0 Å². The molecule has 2 amide bonds. The molecule has 15 heteroatoms. The fourth-order valence-electron chi connectivity index (χ4n) is 11.7. The number of nitrogens with one attached hydrogen (secondary N) is 1. The van der Waals surface area contributed by atoms with E-state index in [4.69, 9.17) is 38.4 Å². The van der Waals surface area contributed by atoms with Gasteiger partial charge in [-0.25, -0.2) is 9.18 Å². The molecule has 7 rings (SSSR count). The molecule has 0 bridgehead atoms. The summed E-state index contributed by atoms with van der Waals surface area (Å²) in [5.41, 5.74) is 3.45. The summed E-state index contributed by atoms with van der Waals surface area (Å²) in [7, 11) is 3.06. The highest BCUT2D eigenvalue weighted by Crippen LogP contribution is 2.62. The number of benzene rings is 3. The summed E-state index contributed by atoms with van der Waals surface area (Å²) in [6, 6.07) is 15.9. The molecule has 2 heterocycles. The van der Waals surface area contributed by atoms with Gasteiger partial charge in [0.1, 0.15) is 34.9 Å². The third-order valence-electron chi connectivity index (χ3n) is 15.4. The third-order valence-corrected chi connectivity index (χ3v) is 15.4. The molecule has 1 saturated carbocycles. The number of rotatable bonds is 30. The summed E-state index contributed by atoms with van der Waals surface area (Å²) < 4.78 is 52.3. The summed E-state index contributed by atoms with van der Waals surface area (Å²) in [4.78, 5) is 37.3. The first-order valence-corrected chi connectivity index (χ1v) is 27.8. The molecule has 0 radical (unpaired) electrons. The van der Waals surface area contributed by atoms with Crippen molar-refractivity contribution in [2.45, 2.75) is 166 Å². The van der Waals surface area contributed by atoms with Crippen LogP contribution in [-0.2, 0) is 25.7 Å². The number of amides is 2. The van der Waals surface area contributed by atoms with Crippen LogP contribution in [0, 0.1) is 23.6 Å². The van der Waals surface area contributed by atoms with Crippen LogP contribution < -0.4 is 24.3 Å². The average molecular weight is 1040 g/mol. The lowest BCUT2D eigenvalue weighted by molar-refractivity contribution is -0.258. The molecule has 3 aromatic carbocycles. The van der Waals surface area contributed by atoms with Gasteiger partial charge in [0.25, 0.3) is 0 Å². The third kappa shape index (κ3) is 14.9. The fourth-order valence-corrected chi connectivity index (χ4v) is 11.7. The Hall–Kier alpha value is -5.48. The molecule has 75 heavy (non-hydrogen) atoms. The molecule has 14 nitrogen and oxygen atoms in total. The van der Waals surface area contributed by atoms with Gasteiger partial charge >= 0.3 is 6.09 Å². The number of nitrogens with zero attached hydrogens (tertiary/aromatic N) is 2. The van der Waals surface area contributed by atoms with Crippen LogP contribution >= 0.6 is 0 Å². The first-order chi connectivity index (χ1) is 36.7. The van der Waals surface area contributed by atoms with Crippen molar-refractivity contribution < 1.29 is 57.5 Å². The van der Waals surface area contributed by atoms with Crippen molar-refractivity contribution >= 4 is 23.4 Å². The second-order valence-electron chi connectivity index (χ2n) is 20.5. The number of allylic oxidation sites excluding steroid dienone is 1. The molecular formula is C60H82FN3O11. The lowest BCUT2D eigenvalue weighted by atomic mass is 9.55. The number of aliphatic hydroxyl groups is 2. The van der Waals surface area contributed by atoms with Gasteiger partial charge in [-0.1, -0.05) is 101 Å². The Balaban J connectivity index is 1.36. The van der Waals surface area contributed by atoms with Gasteiger partial charge < -0.3 is 48.4 Å². The van der Waals surface area contributed by atoms with Gasteiger partial charge in [-0.15, -0.1) is 6.58 Å². The van der Waals surface area contributed by atoms with Crippen LogP contribution in [0.15, 0.2) is 90.1 Å². The topological polar surface area (TPSA) is 167 Å². The maximum atomic E-state index is 15.3. The number of fused-ring (bicyclic) bond motifs is 2. The summed E-state index contributed by atoms with van der Waals surface area (Å²) >= 11 is 0. The Kier molecular flexibility index (Phi) is 22.2. The van der Waals surface area contributed by atoms with Gasteiger partial charge in [-0.05, 0) is 110 Å². The molecule has 410 valence electrons. The van der Waals surface area contributed by atoms with E-state index in [0.29, 0.717) is 67.4 Å². The average Bonchev–Trinajstić information content (AvgIpc) is 3.43. The molecule has 2 fully saturated rings. The zero-order valence-electron chi connectivity index (χ0n) is 44.6. The highest BCUT2D eigenvalue weighted by atomic mass is 19.1. The molecule has 1 saturated heterocycles. The largest absolute Gasteiger partial charge is 0.497 e. The second kappa shape index (κ2) is 29.1. The van der Waals surface area contributed by atoms with E-state index in [0.717, 1.165) is 74.5 Å². The fraction of sp³-hybridized carbons (Fsp3) is 0.583. The lowest BCUT2D eigenvalue weighted by Crippen LogP contribution is -2.70. The van der Waals surface area contributed by atoms with Crippen LogP contribution in [0.2, 0.25) is 0 Å². The molecule has 1 unspecified atom stereocenters. The number of carbonyl (C=O) groups excluding carboxylic acids is 2. The zero-order chi connectivity index (χ0) is 53.0. The summed E-state index contributed by atoms with van der Waals surface area (Å²) in [6.45, 7) is 7.20. The van der Waals surface area contributed by atoms with Crippen LogP contribution in [0.3, 0.4) is 0 Å². The number of hydrogen-bond acceptors (Lipinski definition) is 12. The molecule has 2 aliphatic carbocycles. The van der Waals surface area contributed by atoms with Crippen LogP contribution in [0.4, 0.5) is 14.9 Å². The Morgan fingerprint density at radius 2 is 1.61 bits per heavy atom. The van der Waals surface area contributed by atoms with Crippen LogP contribution in [0.1, 0.15) is 152 Å². The predicted molar refractivity (Wildman–Crippen MR) is 288 cm³/mol. The molecule has 0 spiro atoms. The van der Waals surface area contributed by atoms with Crippen LogP contribution in [0.5, 0.6) is 23.0 Å². The first kappa shape index (κ1) is 57.2. The maximum Gasteiger partial charge on any atom is 0.417 e. The second-order valence-corrected chi connectivity index (χ2v) is 20.5. The number of aliphatic hydroxyl groups excluding tert-OH is 2. The number of carbonyl (C=O) groups is 2. The SMILES string of the molecule is C=CCO[C@@]12Oc3ccc(OC(=O)Nc4ccc(OC)cc4OC)cc3[C@H]3[C@H](CCCCO)[C@@H](CCCCO)C=C(C(=NOC4CCCCO4)C[C@@H]1N(Cc1ccc(F)cc1)C(=O)CCCCCCCCCCC)[C@H]32. The molecular weight excluding hydrogens is 958 g/mol. The summed E-state index contributed by atoms with van der Waals surface area (Å²) in [5, 5.41) is 28.0. The van der Waals surface area contributed by atoms with Gasteiger partial charge in [0.15, 0.2) is 0 Å². The molecule has 3 aromatic rings. The Labute approximate surface area is 444 Å². The number of hydrogen-bond donors (Lipinski definition) is 3. The minimum absolute atomic E-state index is 0.0266. The number of methoxy groups -OCH3 is 2. The standard InChI is InChI=1S/C60H82FN3O11/c1-5-7-8-9-10-11-12-13-14-23-55(67)64(41-42-25-27-44(61)28-26-42)54-40-51(63-75-56-24-17-20-36-71-56)48-37-43(21-15-18-33-65)47(22-16-19-34-66)57-49-38-46(30-32-52(49)74-60(54,58(48)57)72-35-6-2)73-59(68)62-50-31-29-45(69-3)39-53(50)70-4/h6,25-32,37-39,43,47,54,56-58,65-66H,2,5,7-24,33-36,40-41H2,1,3-4H3,(H,62,68)/t43-,47+,54-,56?,57+,58+,60+/m0/s1. The van der Waals surface area contributed by atoms with Gasteiger partial charge in [-0.3, -0.25) is 10.1 Å². The van der Waals surface area contributed by atoms with Crippen molar-refractivity contribution in [3.05, 3.63) is 102 Å². The number of ether oxygens (including phenoxy) is 6. The molecule has 7 atom stereocenters. The van der Waals surface area contributed by atoms with Crippen molar-refractivity contribution in [2.75, 3.05) is 46.0 Å². The number of oxime groups is 1. The molecule has 2 aliphatic heterocycles. The van der Waals surface area contributed by atoms with Gasteiger partial charge in [0, 0.05) is 56.6 Å². The van der Waals surface area contributed by atoms with Crippen molar-refractivity contribution in [1.29, 1.82) is 0 Å². The quantitative estimate of drug-likeness (QED) is 0.0330. The lowest BCUT2D eigenvalue weighted by Gasteiger charge is -2.60. The van der Waals surface area contributed by atoms with E-state index in [-0.39, 0.29) is 68.0 Å². The smallest absolute Gasteiger partial charge is 0.417 e. The molecule has 3 N–H and O–H groups in total.